The zero-order valence-electron chi connectivity index (χ0n) is 8.48. The Kier molecular flexibility index (Phi) is 2.77. The molecule has 14 heavy (non-hydrogen) atoms. The van der Waals surface area contributed by atoms with Crippen molar-refractivity contribution in [2.45, 2.75) is 44.6 Å². The molecule has 0 aromatic rings. The average molecular weight is 197 g/mol. The third-order valence-electron chi connectivity index (χ3n) is 4.01. The van der Waals surface area contributed by atoms with Crippen molar-refractivity contribution in [3.63, 3.8) is 0 Å². The zero-order chi connectivity index (χ0) is 10.1. The molecule has 2 aliphatic carbocycles. The van der Waals surface area contributed by atoms with Crippen molar-refractivity contribution < 1.29 is 9.90 Å². The van der Waals surface area contributed by atoms with Gasteiger partial charge in [0.05, 0.1) is 5.92 Å². The van der Waals surface area contributed by atoms with Crippen LogP contribution in [0, 0.1) is 17.8 Å². The fraction of sp³-hybridized carbons (Fsp3) is 0.909. The molecule has 0 saturated heterocycles. The molecule has 0 bridgehead atoms. The molecule has 3 N–H and O–H groups in total. The van der Waals surface area contributed by atoms with Gasteiger partial charge in [-0.05, 0) is 37.5 Å². The van der Waals surface area contributed by atoms with Crippen LogP contribution in [0.2, 0.25) is 0 Å². The maximum atomic E-state index is 11.1. The minimum absolute atomic E-state index is 0.0822. The SMILES string of the molecule is NC1CCC2C(CCCC2C(=O)O)C1. The van der Waals surface area contributed by atoms with Crippen molar-refractivity contribution >= 4 is 5.97 Å². The van der Waals surface area contributed by atoms with Crippen LogP contribution in [-0.4, -0.2) is 17.1 Å². The van der Waals surface area contributed by atoms with Crippen LogP contribution in [0.4, 0.5) is 0 Å². The molecule has 0 amide bonds. The van der Waals surface area contributed by atoms with E-state index in [1.54, 1.807) is 0 Å². The van der Waals surface area contributed by atoms with E-state index in [-0.39, 0.29) is 5.92 Å². The number of carbonyl (C=O) groups is 1. The molecular formula is C11H19NO2. The van der Waals surface area contributed by atoms with Crippen molar-refractivity contribution in [2.24, 2.45) is 23.5 Å². The fourth-order valence-electron chi connectivity index (χ4n) is 3.31. The number of nitrogens with two attached hydrogens (primary N) is 1. The van der Waals surface area contributed by atoms with Crippen LogP contribution in [-0.2, 0) is 4.79 Å². The van der Waals surface area contributed by atoms with Gasteiger partial charge in [-0.1, -0.05) is 12.8 Å². The van der Waals surface area contributed by atoms with Gasteiger partial charge in [-0.25, -0.2) is 0 Å². The zero-order valence-corrected chi connectivity index (χ0v) is 8.48. The second kappa shape index (κ2) is 3.89. The molecule has 80 valence electrons. The van der Waals surface area contributed by atoms with Crippen molar-refractivity contribution in [3.8, 4) is 0 Å². The quantitative estimate of drug-likeness (QED) is 0.671. The second-order valence-electron chi connectivity index (χ2n) is 4.87. The van der Waals surface area contributed by atoms with E-state index in [9.17, 15) is 4.79 Å². The van der Waals surface area contributed by atoms with Gasteiger partial charge in [0.2, 0.25) is 0 Å². The highest BCUT2D eigenvalue weighted by molar-refractivity contribution is 5.70. The predicted molar refractivity (Wildman–Crippen MR) is 53.8 cm³/mol. The van der Waals surface area contributed by atoms with Crippen LogP contribution in [0.25, 0.3) is 0 Å². The normalized spacial score (nSPS) is 42.9. The molecular weight excluding hydrogens is 178 g/mol. The Morgan fingerprint density at radius 3 is 2.71 bits per heavy atom. The maximum Gasteiger partial charge on any atom is 0.306 e. The summed E-state index contributed by atoms with van der Waals surface area (Å²) in [6.07, 6.45) is 6.25. The fourth-order valence-corrected chi connectivity index (χ4v) is 3.31. The first kappa shape index (κ1) is 9.97. The molecule has 2 saturated carbocycles. The molecule has 3 heteroatoms. The molecule has 0 aromatic carbocycles. The van der Waals surface area contributed by atoms with E-state index >= 15 is 0 Å². The standard InChI is InChI=1S/C11H19NO2/c12-8-4-5-9-7(6-8)2-1-3-10(9)11(13)14/h7-10H,1-6,12H2,(H,13,14). The van der Waals surface area contributed by atoms with E-state index < -0.39 is 5.97 Å². The molecule has 3 nitrogen and oxygen atoms in total. The summed E-state index contributed by atoms with van der Waals surface area (Å²) < 4.78 is 0. The Hall–Kier alpha value is -0.570. The van der Waals surface area contributed by atoms with Crippen LogP contribution >= 0.6 is 0 Å². The van der Waals surface area contributed by atoms with Crippen LogP contribution in [0.1, 0.15) is 38.5 Å². The Balaban J connectivity index is 2.06. The summed E-state index contributed by atoms with van der Waals surface area (Å²) >= 11 is 0. The molecule has 0 aromatic heterocycles. The van der Waals surface area contributed by atoms with Gasteiger partial charge in [-0.3, -0.25) is 4.79 Å². The van der Waals surface area contributed by atoms with E-state index in [0.717, 1.165) is 32.1 Å². The van der Waals surface area contributed by atoms with Crippen molar-refractivity contribution in [2.75, 3.05) is 0 Å². The van der Waals surface area contributed by atoms with Gasteiger partial charge in [-0.15, -0.1) is 0 Å². The molecule has 2 fully saturated rings. The summed E-state index contributed by atoms with van der Waals surface area (Å²) in [5.74, 6) is 0.339. The Morgan fingerprint density at radius 2 is 2.00 bits per heavy atom. The van der Waals surface area contributed by atoms with Gasteiger partial charge >= 0.3 is 5.97 Å². The van der Waals surface area contributed by atoms with E-state index in [4.69, 9.17) is 10.8 Å². The summed E-state index contributed by atoms with van der Waals surface area (Å²) in [5, 5.41) is 9.11. The summed E-state index contributed by atoms with van der Waals surface area (Å²) in [5.41, 5.74) is 5.92. The number of carboxylic acid groups (broad SMARTS) is 1. The van der Waals surface area contributed by atoms with Crippen LogP contribution < -0.4 is 5.73 Å². The topological polar surface area (TPSA) is 63.3 Å². The van der Waals surface area contributed by atoms with Gasteiger partial charge in [0.25, 0.3) is 0 Å². The lowest BCUT2D eigenvalue weighted by molar-refractivity contribution is -0.146. The molecule has 4 unspecified atom stereocenters. The van der Waals surface area contributed by atoms with E-state index in [2.05, 4.69) is 0 Å². The number of carboxylic acids is 1. The third-order valence-corrected chi connectivity index (χ3v) is 4.01. The summed E-state index contributed by atoms with van der Waals surface area (Å²) in [7, 11) is 0. The minimum Gasteiger partial charge on any atom is -0.481 e. The third kappa shape index (κ3) is 1.78. The van der Waals surface area contributed by atoms with Gasteiger partial charge in [0.1, 0.15) is 0 Å². The number of hydrogen-bond acceptors (Lipinski definition) is 2. The average Bonchev–Trinajstić information content (AvgIpc) is 2.16. The minimum atomic E-state index is -0.588. The van der Waals surface area contributed by atoms with Gasteiger partial charge in [0.15, 0.2) is 0 Å². The highest BCUT2D eigenvalue weighted by Crippen LogP contribution is 2.43. The molecule has 2 rings (SSSR count). The maximum absolute atomic E-state index is 11.1. The van der Waals surface area contributed by atoms with E-state index in [1.165, 1.54) is 6.42 Å². The van der Waals surface area contributed by atoms with Crippen LogP contribution in [0.15, 0.2) is 0 Å². The Bertz CT molecular complexity index is 229. The van der Waals surface area contributed by atoms with Crippen molar-refractivity contribution in [1.82, 2.24) is 0 Å². The molecule has 2 aliphatic rings. The Labute approximate surface area is 84.7 Å². The van der Waals surface area contributed by atoms with Crippen molar-refractivity contribution in [1.29, 1.82) is 0 Å². The summed E-state index contributed by atoms with van der Waals surface area (Å²) in [6, 6.07) is 0.323. The number of aliphatic carboxylic acids is 1. The van der Waals surface area contributed by atoms with Gasteiger partial charge in [-0.2, -0.15) is 0 Å². The van der Waals surface area contributed by atoms with Crippen molar-refractivity contribution in [3.05, 3.63) is 0 Å². The lowest BCUT2D eigenvalue weighted by Crippen LogP contribution is -2.41. The second-order valence-corrected chi connectivity index (χ2v) is 4.87. The molecule has 0 heterocycles. The number of rotatable bonds is 1. The Morgan fingerprint density at radius 1 is 1.21 bits per heavy atom. The molecule has 4 atom stereocenters. The van der Waals surface area contributed by atoms with Crippen LogP contribution in [0.5, 0.6) is 0 Å². The molecule has 0 spiro atoms. The lowest BCUT2D eigenvalue weighted by atomic mass is 9.64. The lowest BCUT2D eigenvalue weighted by Gasteiger charge is -2.41. The monoisotopic (exact) mass is 197 g/mol. The summed E-state index contributed by atoms with van der Waals surface area (Å²) in [6.45, 7) is 0. The highest BCUT2D eigenvalue weighted by Gasteiger charge is 2.40. The van der Waals surface area contributed by atoms with Gasteiger partial charge < -0.3 is 10.8 Å². The first-order valence-electron chi connectivity index (χ1n) is 5.67. The molecule has 0 radical (unpaired) electrons. The first-order valence-corrected chi connectivity index (χ1v) is 5.67. The smallest absolute Gasteiger partial charge is 0.306 e. The highest BCUT2D eigenvalue weighted by atomic mass is 16.4. The van der Waals surface area contributed by atoms with E-state index in [0.29, 0.717) is 17.9 Å². The van der Waals surface area contributed by atoms with Crippen LogP contribution in [0.3, 0.4) is 0 Å². The number of fused-ring (bicyclic) bond motifs is 1. The largest absolute Gasteiger partial charge is 0.481 e. The number of hydrogen-bond donors (Lipinski definition) is 2. The van der Waals surface area contributed by atoms with E-state index in [1.807, 2.05) is 0 Å². The predicted octanol–water partition coefficient (Wildman–Crippen LogP) is 1.61. The molecule has 0 aliphatic heterocycles. The van der Waals surface area contributed by atoms with Gasteiger partial charge in [0, 0.05) is 6.04 Å². The first-order chi connectivity index (χ1) is 6.68. The summed E-state index contributed by atoms with van der Waals surface area (Å²) in [4.78, 5) is 11.1.